The lowest BCUT2D eigenvalue weighted by Gasteiger charge is -2.59. The van der Waals surface area contributed by atoms with E-state index < -0.39 is 48.9 Å². The van der Waals surface area contributed by atoms with Gasteiger partial charge in [0.1, 0.15) is 24.4 Å². The van der Waals surface area contributed by atoms with Gasteiger partial charge in [0, 0.05) is 21.9 Å². The van der Waals surface area contributed by atoms with E-state index in [9.17, 15) is 25.2 Å². The average Bonchev–Trinajstić information content (AvgIpc) is 3.18. The number of methoxy groups -OCH3 is 1. The maximum atomic E-state index is 11.6. The molecular formula is C24H31NO9S. The molecule has 3 fully saturated rings. The molecule has 10 atom stereocenters. The predicted octanol–water partition coefficient (Wildman–Crippen LogP) is -0.0697. The second-order valence-electron chi connectivity index (χ2n) is 10.5. The van der Waals surface area contributed by atoms with Crippen LogP contribution in [0.15, 0.2) is 11.0 Å². The van der Waals surface area contributed by atoms with Gasteiger partial charge in [-0.1, -0.05) is 0 Å². The van der Waals surface area contributed by atoms with Gasteiger partial charge in [0.05, 0.1) is 13.2 Å². The van der Waals surface area contributed by atoms with Gasteiger partial charge in [0.25, 0.3) is 0 Å². The number of piperidine rings is 1. The maximum Gasteiger partial charge on any atom is 0.335 e. The molecule has 192 valence electrons. The summed E-state index contributed by atoms with van der Waals surface area (Å²) >= 11 is 4.79. The monoisotopic (exact) mass is 509 g/mol. The number of carbonyl (C=O) groups is 1. The van der Waals surface area contributed by atoms with Crippen molar-refractivity contribution < 1.29 is 44.2 Å². The van der Waals surface area contributed by atoms with E-state index in [2.05, 4.69) is 11.9 Å². The molecule has 1 spiro atoms. The summed E-state index contributed by atoms with van der Waals surface area (Å²) < 4.78 is 23.9. The van der Waals surface area contributed by atoms with Crippen LogP contribution in [0.3, 0.4) is 0 Å². The third kappa shape index (κ3) is 3.16. The minimum absolute atomic E-state index is 0.330. The third-order valence-corrected chi connectivity index (χ3v) is 9.37. The highest BCUT2D eigenvalue weighted by molar-refractivity contribution is 7.80. The number of hydrogen-bond acceptors (Lipinski definition) is 10. The number of likely N-dealkylation sites (N-methyl/N-ethyl adjacent to an activating group) is 1. The van der Waals surface area contributed by atoms with Crippen molar-refractivity contribution in [1.29, 1.82) is 0 Å². The molecule has 1 aromatic rings. The van der Waals surface area contributed by atoms with Crippen molar-refractivity contribution in [3.8, 4) is 11.5 Å². The first kappa shape index (κ1) is 23.8. The normalized spacial score (nSPS) is 43.9. The molecule has 1 saturated carbocycles. The second kappa shape index (κ2) is 8.20. The Morgan fingerprint density at radius 2 is 2.00 bits per heavy atom. The summed E-state index contributed by atoms with van der Waals surface area (Å²) in [6, 6.07) is 2.22. The number of carboxylic acid groups (broad SMARTS) is 1. The highest BCUT2D eigenvalue weighted by Crippen LogP contribution is 2.65. The van der Waals surface area contributed by atoms with Crippen molar-refractivity contribution in [1.82, 2.24) is 4.90 Å². The summed E-state index contributed by atoms with van der Waals surface area (Å²) in [6.07, 6.45) is -5.96. The maximum absolute atomic E-state index is 11.6. The number of likely N-dealkylation sites (tertiary alicyclic amines) is 1. The van der Waals surface area contributed by atoms with Crippen molar-refractivity contribution in [3.63, 3.8) is 0 Å². The number of ether oxygens (including phenoxy) is 4. The van der Waals surface area contributed by atoms with Crippen LogP contribution in [0, 0.1) is 5.92 Å². The molecule has 10 nitrogen and oxygen atoms in total. The van der Waals surface area contributed by atoms with Gasteiger partial charge in [0.15, 0.2) is 23.9 Å². The number of benzene rings is 1. The SMILES string of the molecule is COc1cc(S)c2c3c1O[C@H]1[C@@H](OC4O[C@H](C(=O)O)[C@@H](O)[C@H](O)[C@H]4O)CC[C@H]4[C@@H](C2)N(C)CC[C@@]341. The molecular weight excluding hydrogens is 478 g/mol. The Morgan fingerprint density at radius 1 is 1.23 bits per heavy atom. The van der Waals surface area contributed by atoms with Crippen molar-refractivity contribution in [2.75, 3.05) is 20.7 Å². The first-order valence-corrected chi connectivity index (χ1v) is 12.5. The summed E-state index contributed by atoms with van der Waals surface area (Å²) in [5.74, 6) is 0.213. The molecule has 1 aromatic carbocycles. The van der Waals surface area contributed by atoms with Crippen LogP contribution in [0.1, 0.15) is 30.4 Å². The van der Waals surface area contributed by atoms with Gasteiger partial charge in [-0.05, 0) is 56.8 Å². The summed E-state index contributed by atoms with van der Waals surface area (Å²) in [7, 11) is 3.76. The molecule has 0 radical (unpaired) electrons. The Hall–Kier alpha value is -1.60. The standard InChI is InChI=1S/C24H31NO9S/c1-25-6-5-24-10-3-4-12(32-23-18(28)16(26)17(27)20(34-23)22(29)30)21(24)33-19-13(31-2)8-14(35)9(15(19)24)7-11(10)25/h8,10-12,16-18,20-21,23,26-28,35H,3-7H2,1-2H3,(H,29,30)/t10-,11+,12-,16-,17-,18+,20-,21-,23?,24-/m0/s1. The van der Waals surface area contributed by atoms with E-state index in [1.807, 2.05) is 6.07 Å². The Kier molecular flexibility index (Phi) is 5.57. The number of carboxylic acids is 1. The second-order valence-corrected chi connectivity index (χ2v) is 10.9. The van der Waals surface area contributed by atoms with Crippen molar-refractivity contribution in [2.24, 2.45) is 5.92 Å². The molecule has 11 heteroatoms. The third-order valence-electron chi connectivity index (χ3n) is 8.97. The molecule has 2 bridgehead atoms. The smallest absolute Gasteiger partial charge is 0.335 e. The van der Waals surface area contributed by atoms with E-state index in [1.165, 1.54) is 5.56 Å². The van der Waals surface area contributed by atoms with Crippen LogP contribution in [0.4, 0.5) is 0 Å². The number of aliphatic hydroxyl groups excluding tert-OH is 3. The topological polar surface area (TPSA) is 138 Å². The van der Waals surface area contributed by atoms with E-state index in [-0.39, 0.29) is 5.41 Å². The number of nitrogens with zero attached hydrogens (tertiary/aromatic N) is 1. The highest BCUT2D eigenvalue weighted by Gasteiger charge is 2.66. The Morgan fingerprint density at radius 3 is 2.71 bits per heavy atom. The van der Waals surface area contributed by atoms with Gasteiger partial charge in [-0.25, -0.2) is 4.79 Å². The van der Waals surface area contributed by atoms with Gasteiger partial charge in [-0.15, -0.1) is 12.6 Å². The Balaban J connectivity index is 1.39. The quantitative estimate of drug-likeness (QED) is 0.351. The van der Waals surface area contributed by atoms with Gasteiger partial charge < -0.3 is 44.3 Å². The summed E-state index contributed by atoms with van der Waals surface area (Å²) in [4.78, 5) is 14.9. The van der Waals surface area contributed by atoms with E-state index in [0.717, 1.165) is 36.3 Å². The minimum atomic E-state index is -1.77. The number of aliphatic hydroxyl groups is 3. The largest absolute Gasteiger partial charge is 0.493 e. The summed E-state index contributed by atoms with van der Waals surface area (Å²) in [6.45, 7) is 0.889. The molecule has 5 aliphatic rings. The van der Waals surface area contributed by atoms with Gasteiger partial charge in [0.2, 0.25) is 0 Å². The summed E-state index contributed by atoms with van der Waals surface area (Å²) in [5.41, 5.74) is 1.97. The molecule has 3 heterocycles. The van der Waals surface area contributed by atoms with E-state index in [0.29, 0.717) is 29.9 Å². The average molecular weight is 510 g/mol. The molecule has 35 heavy (non-hydrogen) atoms. The van der Waals surface area contributed by atoms with Crippen LogP contribution < -0.4 is 9.47 Å². The number of rotatable bonds is 4. The fourth-order valence-corrected chi connectivity index (χ4v) is 7.69. The first-order chi connectivity index (χ1) is 16.7. The van der Waals surface area contributed by atoms with Crippen molar-refractivity contribution in [3.05, 3.63) is 17.2 Å². The molecule has 0 amide bonds. The number of hydrogen-bond donors (Lipinski definition) is 5. The van der Waals surface area contributed by atoms with Crippen LogP contribution in [-0.2, 0) is 26.1 Å². The van der Waals surface area contributed by atoms with Crippen LogP contribution >= 0.6 is 12.6 Å². The number of thiol groups is 1. The molecule has 3 aliphatic heterocycles. The fourth-order valence-electron chi connectivity index (χ4n) is 7.37. The van der Waals surface area contributed by atoms with Gasteiger partial charge in [-0.2, -0.15) is 0 Å². The lowest BCUT2D eigenvalue weighted by molar-refractivity contribution is -0.315. The molecule has 2 saturated heterocycles. The van der Waals surface area contributed by atoms with Crippen LogP contribution in [0.5, 0.6) is 11.5 Å². The first-order valence-electron chi connectivity index (χ1n) is 12.1. The predicted molar refractivity (Wildman–Crippen MR) is 123 cm³/mol. The molecule has 2 aliphatic carbocycles. The molecule has 6 rings (SSSR count). The zero-order valence-electron chi connectivity index (χ0n) is 19.5. The fraction of sp³-hybridized carbons (Fsp3) is 0.708. The molecule has 1 unspecified atom stereocenters. The van der Waals surface area contributed by atoms with Gasteiger partial charge >= 0.3 is 5.97 Å². The van der Waals surface area contributed by atoms with E-state index in [1.54, 1.807) is 7.11 Å². The lowest BCUT2D eigenvalue weighted by Crippen LogP contribution is -2.67. The Labute approximate surface area is 208 Å². The van der Waals surface area contributed by atoms with E-state index >= 15 is 0 Å². The Bertz CT molecular complexity index is 1050. The summed E-state index contributed by atoms with van der Waals surface area (Å²) in [5, 5.41) is 40.3. The lowest BCUT2D eigenvalue weighted by atomic mass is 9.51. The minimum Gasteiger partial charge on any atom is -0.493 e. The van der Waals surface area contributed by atoms with Gasteiger partial charge in [-0.3, -0.25) is 0 Å². The number of aliphatic carboxylic acids is 1. The molecule has 4 N–H and O–H groups in total. The van der Waals surface area contributed by atoms with Crippen molar-refractivity contribution >= 4 is 18.6 Å². The molecule has 0 aromatic heterocycles. The zero-order valence-corrected chi connectivity index (χ0v) is 20.4. The van der Waals surface area contributed by atoms with Crippen molar-refractivity contribution in [2.45, 2.75) is 84.9 Å². The highest BCUT2D eigenvalue weighted by atomic mass is 32.1. The zero-order chi connectivity index (χ0) is 24.8. The van der Waals surface area contributed by atoms with Crippen LogP contribution in [0.25, 0.3) is 0 Å². The van der Waals surface area contributed by atoms with E-state index in [4.69, 9.17) is 31.6 Å². The van der Waals surface area contributed by atoms with Crippen LogP contribution in [-0.4, -0.2) is 101 Å². The van der Waals surface area contributed by atoms with Crippen LogP contribution in [0.2, 0.25) is 0 Å².